The number of amides is 2. The van der Waals surface area contributed by atoms with Gasteiger partial charge >= 0.3 is 0 Å². The van der Waals surface area contributed by atoms with Crippen molar-refractivity contribution in [3.05, 3.63) is 75.3 Å². The summed E-state index contributed by atoms with van der Waals surface area (Å²) in [5.41, 5.74) is 3.61. The lowest BCUT2D eigenvalue weighted by atomic mass is 9.82. The largest absolute Gasteiger partial charge is 0.342 e. The van der Waals surface area contributed by atoms with Gasteiger partial charge in [-0.05, 0) is 49.1 Å². The van der Waals surface area contributed by atoms with Crippen LogP contribution in [0.3, 0.4) is 0 Å². The predicted octanol–water partition coefficient (Wildman–Crippen LogP) is 4.03. The molecule has 0 saturated carbocycles. The molecule has 1 spiro atoms. The summed E-state index contributed by atoms with van der Waals surface area (Å²) in [6.45, 7) is 3.28. The van der Waals surface area contributed by atoms with Crippen LogP contribution in [-0.2, 0) is 10.3 Å². The zero-order valence-electron chi connectivity index (χ0n) is 15.2. The molecule has 0 aliphatic carbocycles. The number of rotatable bonds is 2. The van der Waals surface area contributed by atoms with E-state index >= 15 is 0 Å². The minimum atomic E-state index is -0.372. The second-order valence-electron chi connectivity index (χ2n) is 7.21. The minimum Gasteiger partial charge on any atom is -0.342 e. The third-order valence-electron chi connectivity index (χ3n) is 5.61. The summed E-state index contributed by atoms with van der Waals surface area (Å²) in [5, 5.41) is 3.18. The first-order chi connectivity index (χ1) is 13.0. The number of hydrogen-bond donors (Lipinski definition) is 1. The molecule has 2 aromatic carbocycles. The molecule has 4 rings (SSSR count). The van der Waals surface area contributed by atoms with Gasteiger partial charge in [-0.2, -0.15) is 0 Å². The Morgan fingerprint density at radius 1 is 1.15 bits per heavy atom. The van der Waals surface area contributed by atoms with Gasteiger partial charge in [0.25, 0.3) is 5.91 Å². The summed E-state index contributed by atoms with van der Waals surface area (Å²) < 4.78 is 0.956. The van der Waals surface area contributed by atoms with Crippen molar-refractivity contribution in [1.29, 1.82) is 0 Å². The van der Waals surface area contributed by atoms with E-state index in [4.69, 9.17) is 0 Å². The maximum Gasteiger partial charge on any atom is 0.252 e. The van der Waals surface area contributed by atoms with Gasteiger partial charge < -0.3 is 10.2 Å². The van der Waals surface area contributed by atoms with Crippen LogP contribution in [0.25, 0.3) is 6.08 Å². The smallest absolute Gasteiger partial charge is 0.252 e. The molecule has 1 saturated heterocycles. The highest BCUT2D eigenvalue weighted by Gasteiger charge is 2.46. The molecule has 0 bridgehead atoms. The molecule has 2 heterocycles. The van der Waals surface area contributed by atoms with Crippen molar-refractivity contribution in [2.75, 3.05) is 13.1 Å². The van der Waals surface area contributed by atoms with Crippen LogP contribution in [0.4, 0.5) is 0 Å². The van der Waals surface area contributed by atoms with Crippen molar-refractivity contribution in [3.63, 3.8) is 0 Å². The Hall–Kier alpha value is -2.40. The number of carbonyl (C=O) groups is 2. The number of piperidine rings is 1. The number of aryl methyl sites for hydroxylation is 1. The van der Waals surface area contributed by atoms with Gasteiger partial charge in [-0.1, -0.05) is 46.3 Å². The molecule has 1 fully saturated rings. The fourth-order valence-electron chi connectivity index (χ4n) is 4.07. The van der Waals surface area contributed by atoms with Gasteiger partial charge in [0, 0.05) is 34.8 Å². The van der Waals surface area contributed by atoms with Crippen LogP contribution in [0.5, 0.6) is 0 Å². The first-order valence-corrected chi connectivity index (χ1v) is 9.94. The Morgan fingerprint density at radius 3 is 2.63 bits per heavy atom. The van der Waals surface area contributed by atoms with Crippen LogP contribution in [0.15, 0.2) is 53.0 Å². The van der Waals surface area contributed by atoms with Gasteiger partial charge in [-0.3, -0.25) is 9.59 Å². The lowest BCUT2D eigenvalue weighted by molar-refractivity contribution is -0.127. The third-order valence-corrected chi connectivity index (χ3v) is 6.27. The van der Waals surface area contributed by atoms with E-state index in [1.54, 1.807) is 6.08 Å². The van der Waals surface area contributed by atoms with Gasteiger partial charge in [0.05, 0.1) is 5.54 Å². The molecule has 1 N–H and O–H groups in total. The molecule has 0 unspecified atom stereocenters. The Balaban J connectivity index is 1.48. The van der Waals surface area contributed by atoms with Crippen LogP contribution in [-0.4, -0.2) is 29.8 Å². The van der Waals surface area contributed by atoms with Gasteiger partial charge in [-0.25, -0.2) is 0 Å². The van der Waals surface area contributed by atoms with E-state index in [1.165, 1.54) is 0 Å². The number of carbonyl (C=O) groups excluding carboxylic acids is 2. The average Bonchev–Trinajstić information content (AvgIpc) is 2.94. The van der Waals surface area contributed by atoms with E-state index in [2.05, 4.69) is 21.2 Å². The highest BCUT2D eigenvalue weighted by atomic mass is 79.9. The summed E-state index contributed by atoms with van der Waals surface area (Å²) >= 11 is 3.60. The molecule has 2 aliphatic heterocycles. The van der Waals surface area contributed by atoms with Crippen molar-refractivity contribution in [2.45, 2.75) is 25.3 Å². The molecule has 2 aromatic rings. The Bertz CT molecular complexity index is 943. The summed E-state index contributed by atoms with van der Waals surface area (Å²) in [6.07, 6.45) is 4.97. The van der Waals surface area contributed by atoms with Crippen LogP contribution in [0.1, 0.15) is 39.9 Å². The summed E-state index contributed by atoms with van der Waals surface area (Å²) in [6, 6.07) is 13.7. The number of halogens is 1. The summed E-state index contributed by atoms with van der Waals surface area (Å²) in [4.78, 5) is 26.8. The van der Waals surface area contributed by atoms with E-state index in [0.717, 1.165) is 39.6 Å². The number of benzene rings is 2. The lowest BCUT2D eigenvalue weighted by Crippen LogP contribution is -2.50. The number of fused-ring (bicyclic) bond motifs is 2. The predicted molar refractivity (Wildman–Crippen MR) is 109 cm³/mol. The second kappa shape index (κ2) is 6.97. The number of likely N-dealkylation sites (tertiary alicyclic amines) is 1. The van der Waals surface area contributed by atoms with E-state index in [1.807, 2.05) is 60.4 Å². The molecule has 5 heteroatoms. The maximum atomic E-state index is 12.6. The molecule has 4 nitrogen and oxygen atoms in total. The minimum absolute atomic E-state index is 0.0183. The first kappa shape index (κ1) is 18.0. The molecule has 0 radical (unpaired) electrons. The van der Waals surface area contributed by atoms with Gasteiger partial charge in [0.15, 0.2) is 0 Å². The van der Waals surface area contributed by atoms with Crippen molar-refractivity contribution in [2.24, 2.45) is 0 Å². The molecular formula is C22H21BrN2O2. The third kappa shape index (κ3) is 3.21. The normalized spacial score (nSPS) is 18.0. The van der Waals surface area contributed by atoms with Gasteiger partial charge in [0.1, 0.15) is 0 Å². The SMILES string of the molecule is Cc1ccccc1/C=C/C(=O)N1CCC2(CC1)NC(=O)c1cccc(Br)c12. The quantitative estimate of drug-likeness (QED) is 0.739. The van der Waals surface area contributed by atoms with E-state index < -0.39 is 0 Å². The fourth-order valence-corrected chi connectivity index (χ4v) is 4.82. The lowest BCUT2D eigenvalue weighted by Gasteiger charge is -2.40. The van der Waals surface area contributed by atoms with E-state index in [-0.39, 0.29) is 17.4 Å². The Kier molecular flexibility index (Phi) is 4.64. The zero-order valence-corrected chi connectivity index (χ0v) is 16.8. The average molecular weight is 425 g/mol. The standard InChI is InChI=1S/C22H21BrN2O2/c1-15-5-2-3-6-16(15)9-10-19(26)25-13-11-22(12-14-25)20-17(21(27)24-22)7-4-8-18(20)23/h2-10H,11-14H2,1H3,(H,24,27)/b10-9+. The van der Waals surface area contributed by atoms with Gasteiger partial charge in [0.2, 0.25) is 5.91 Å². The Labute approximate surface area is 167 Å². The maximum absolute atomic E-state index is 12.6. The van der Waals surface area contributed by atoms with Crippen LogP contribution in [0, 0.1) is 6.92 Å². The molecular weight excluding hydrogens is 404 g/mol. The number of nitrogens with one attached hydrogen (secondary N) is 1. The molecule has 2 amide bonds. The van der Waals surface area contributed by atoms with Crippen molar-refractivity contribution in [1.82, 2.24) is 10.2 Å². The fraction of sp³-hybridized carbons (Fsp3) is 0.273. The molecule has 2 aliphatic rings. The van der Waals surface area contributed by atoms with Crippen LogP contribution < -0.4 is 5.32 Å². The zero-order chi connectivity index (χ0) is 19.0. The monoisotopic (exact) mass is 424 g/mol. The first-order valence-electron chi connectivity index (χ1n) is 9.14. The molecule has 0 atom stereocenters. The van der Waals surface area contributed by atoms with Gasteiger partial charge in [-0.15, -0.1) is 0 Å². The Morgan fingerprint density at radius 2 is 1.89 bits per heavy atom. The van der Waals surface area contributed by atoms with Crippen molar-refractivity contribution in [3.8, 4) is 0 Å². The van der Waals surface area contributed by atoms with Crippen molar-refractivity contribution < 1.29 is 9.59 Å². The molecule has 0 aromatic heterocycles. The van der Waals surface area contributed by atoms with E-state index in [0.29, 0.717) is 13.1 Å². The summed E-state index contributed by atoms with van der Waals surface area (Å²) in [7, 11) is 0. The molecule has 27 heavy (non-hydrogen) atoms. The van der Waals surface area contributed by atoms with E-state index in [9.17, 15) is 9.59 Å². The van der Waals surface area contributed by atoms with Crippen molar-refractivity contribution >= 4 is 33.8 Å². The number of hydrogen-bond acceptors (Lipinski definition) is 2. The topological polar surface area (TPSA) is 49.4 Å². The highest BCUT2D eigenvalue weighted by Crippen LogP contribution is 2.43. The second-order valence-corrected chi connectivity index (χ2v) is 8.07. The number of nitrogens with zero attached hydrogens (tertiary/aromatic N) is 1. The molecule has 138 valence electrons. The highest BCUT2D eigenvalue weighted by molar-refractivity contribution is 9.10. The van der Waals surface area contributed by atoms with Crippen LogP contribution >= 0.6 is 15.9 Å². The summed E-state index contributed by atoms with van der Waals surface area (Å²) in [5.74, 6) is -0.00435. The van der Waals surface area contributed by atoms with Crippen LogP contribution in [0.2, 0.25) is 0 Å².